The fourth-order valence-corrected chi connectivity index (χ4v) is 5.68. The summed E-state index contributed by atoms with van der Waals surface area (Å²) in [6.45, 7) is 2.45. The zero-order valence-electron chi connectivity index (χ0n) is 13.6. The Labute approximate surface area is 132 Å². The van der Waals surface area contributed by atoms with E-state index >= 15 is 0 Å². The second-order valence-electron chi connectivity index (χ2n) is 7.58. The number of benzene rings is 1. The standard InChI is InChI=1S/C19H26N2O/c1-19-10-9-15-14-6-4-13(22)11-12(14)3-5-16(15)17(19)7-8-18(19)21-20-2/h4,6,11,15-17,20,22H,3,5,7-10H2,1-2H3/b21-18-/t15-,16+,17+,19+/m1/s1. The van der Waals surface area contributed by atoms with Crippen LogP contribution in [0.4, 0.5) is 0 Å². The Balaban J connectivity index is 1.69. The summed E-state index contributed by atoms with van der Waals surface area (Å²) in [6.07, 6.45) is 7.36. The first-order chi connectivity index (χ1) is 10.6. The van der Waals surface area contributed by atoms with Crippen LogP contribution in [0.5, 0.6) is 5.75 Å². The topological polar surface area (TPSA) is 44.6 Å². The highest BCUT2D eigenvalue weighted by molar-refractivity contribution is 5.92. The summed E-state index contributed by atoms with van der Waals surface area (Å²) in [7, 11) is 1.92. The molecule has 0 radical (unpaired) electrons. The van der Waals surface area contributed by atoms with Gasteiger partial charge in [-0.05, 0) is 79.5 Å². The molecule has 4 atom stereocenters. The van der Waals surface area contributed by atoms with E-state index in [1.165, 1.54) is 42.5 Å². The molecule has 2 N–H and O–H groups in total. The molecule has 0 spiro atoms. The summed E-state index contributed by atoms with van der Waals surface area (Å²) >= 11 is 0. The van der Waals surface area contributed by atoms with Crippen LogP contribution in [0.3, 0.4) is 0 Å². The highest BCUT2D eigenvalue weighted by Gasteiger charge is 2.53. The molecule has 3 nitrogen and oxygen atoms in total. The van der Waals surface area contributed by atoms with Crippen molar-refractivity contribution in [2.75, 3.05) is 7.05 Å². The highest BCUT2D eigenvalue weighted by atomic mass is 16.3. The van der Waals surface area contributed by atoms with Gasteiger partial charge in [0.15, 0.2) is 0 Å². The third-order valence-corrected chi connectivity index (χ3v) is 6.70. The van der Waals surface area contributed by atoms with Gasteiger partial charge in [-0.25, -0.2) is 0 Å². The molecule has 0 heterocycles. The first-order valence-corrected chi connectivity index (χ1v) is 8.69. The Morgan fingerprint density at radius 3 is 2.91 bits per heavy atom. The molecule has 0 unspecified atom stereocenters. The highest BCUT2D eigenvalue weighted by Crippen LogP contribution is 2.59. The van der Waals surface area contributed by atoms with Gasteiger partial charge in [0.1, 0.15) is 5.75 Å². The molecule has 3 heteroatoms. The minimum atomic E-state index is 0.304. The number of fused-ring (bicyclic) bond motifs is 5. The summed E-state index contributed by atoms with van der Waals surface area (Å²) in [4.78, 5) is 0. The predicted octanol–water partition coefficient (Wildman–Crippen LogP) is 3.82. The van der Waals surface area contributed by atoms with Gasteiger partial charge in [0, 0.05) is 18.2 Å². The number of hydrogen-bond donors (Lipinski definition) is 2. The maximum Gasteiger partial charge on any atom is 0.115 e. The first kappa shape index (κ1) is 14.1. The van der Waals surface area contributed by atoms with E-state index < -0.39 is 0 Å². The molecule has 3 aliphatic carbocycles. The summed E-state index contributed by atoms with van der Waals surface area (Å²) < 4.78 is 0. The minimum absolute atomic E-state index is 0.304. The monoisotopic (exact) mass is 298 g/mol. The smallest absolute Gasteiger partial charge is 0.115 e. The number of phenols is 1. The van der Waals surface area contributed by atoms with Gasteiger partial charge in [0.2, 0.25) is 0 Å². The Kier molecular flexibility index (Phi) is 3.21. The Morgan fingerprint density at radius 2 is 2.09 bits per heavy atom. The largest absolute Gasteiger partial charge is 0.508 e. The van der Waals surface area contributed by atoms with E-state index in [1.807, 2.05) is 19.2 Å². The SMILES string of the molecule is CN/N=C1/CC[C@H]2[C@H]3CCc4cc(O)ccc4[C@H]3CC[C@]12C. The molecule has 22 heavy (non-hydrogen) atoms. The van der Waals surface area contributed by atoms with Crippen LogP contribution >= 0.6 is 0 Å². The van der Waals surface area contributed by atoms with Crippen molar-refractivity contribution >= 4 is 5.71 Å². The van der Waals surface area contributed by atoms with E-state index in [4.69, 9.17) is 0 Å². The van der Waals surface area contributed by atoms with Crippen LogP contribution in [0.15, 0.2) is 23.3 Å². The van der Waals surface area contributed by atoms with Crippen LogP contribution in [0.25, 0.3) is 0 Å². The lowest BCUT2D eigenvalue weighted by Gasteiger charge is -2.49. The fourth-order valence-electron chi connectivity index (χ4n) is 5.68. The molecular weight excluding hydrogens is 272 g/mol. The first-order valence-electron chi connectivity index (χ1n) is 8.69. The fraction of sp³-hybridized carbons (Fsp3) is 0.632. The quantitative estimate of drug-likeness (QED) is 0.774. The van der Waals surface area contributed by atoms with Crippen LogP contribution in [0, 0.1) is 17.3 Å². The molecule has 2 saturated carbocycles. The third kappa shape index (κ3) is 1.90. The number of hydrazone groups is 1. The Morgan fingerprint density at radius 1 is 1.23 bits per heavy atom. The zero-order valence-corrected chi connectivity index (χ0v) is 13.6. The molecule has 4 rings (SSSR count). The van der Waals surface area contributed by atoms with E-state index in [1.54, 1.807) is 0 Å². The van der Waals surface area contributed by atoms with E-state index in [9.17, 15) is 5.11 Å². The summed E-state index contributed by atoms with van der Waals surface area (Å²) in [5.41, 5.74) is 7.62. The van der Waals surface area contributed by atoms with Gasteiger partial charge in [-0.15, -0.1) is 0 Å². The van der Waals surface area contributed by atoms with E-state index in [0.717, 1.165) is 24.7 Å². The number of rotatable bonds is 1. The molecule has 0 amide bonds. The summed E-state index contributed by atoms with van der Waals surface area (Å²) in [5.74, 6) is 2.68. The van der Waals surface area contributed by atoms with E-state index in [2.05, 4.69) is 23.5 Å². The molecule has 0 bridgehead atoms. The Hall–Kier alpha value is -1.51. The van der Waals surface area contributed by atoms with Crippen molar-refractivity contribution in [3.05, 3.63) is 29.3 Å². The molecule has 0 aliphatic heterocycles. The third-order valence-electron chi connectivity index (χ3n) is 6.70. The van der Waals surface area contributed by atoms with Crippen LogP contribution in [-0.2, 0) is 6.42 Å². The van der Waals surface area contributed by atoms with Crippen molar-refractivity contribution in [1.29, 1.82) is 0 Å². The molecule has 0 aromatic heterocycles. The van der Waals surface area contributed by atoms with Crippen molar-refractivity contribution in [1.82, 2.24) is 5.43 Å². The van der Waals surface area contributed by atoms with Crippen molar-refractivity contribution in [3.8, 4) is 5.75 Å². The molecule has 3 aliphatic rings. The number of aryl methyl sites for hydroxylation is 1. The molecule has 0 saturated heterocycles. The lowest BCUT2D eigenvalue weighted by atomic mass is 9.55. The van der Waals surface area contributed by atoms with Gasteiger partial charge in [-0.3, -0.25) is 0 Å². The Bertz CT molecular complexity index is 624. The lowest BCUT2D eigenvalue weighted by Crippen LogP contribution is -2.42. The second-order valence-corrected chi connectivity index (χ2v) is 7.58. The van der Waals surface area contributed by atoms with Gasteiger partial charge in [0.05, 0.1) is 0 Å². The normalized spacial score (nSPS) is 38.3. The zero-order chi connectivity index (χ0) is 15.3. The van der Waals surface area contributed by atoms with Crippen molar-refractivity contribution in [2.45, 2.75) is 51.4 Å². The maximum atomic E-state index is 9.75. The summed E-state index contributed by atoms with van der Waals surface area (Å²) in [5, 5.41) is 14.4. The van der Waals surface area contributed by atoms with Crippen molar-refractivity contribution in [2.24, 2.45) is 22.4 Å². The van der Waals surface area contributed by atoms with Gasteiger partial charge < -0.3 is 10.5 Å². The van der Waals surface area contributed by atoms with E-state index in [0.29, 0.717) is 17.1 Å². The average molecular weight is 298 g/mol. The second kappa shape index (κ2) is 5.00. The number of hydrogen-bond acceptors (Lipinski definition) is 3. The number of nitrogens with zero attached hydrogens (tertiary/aromatic N) is 1. The number of aromatic hydroxyl groups is 1. The van der Waals surface area contributed by atoms with E-state index in [-0.39, 0.29) is 0 Å². The van der Waals surface area contributed by atoms with Gasteiger partial charge in [0.25, 0.3) is 0 Å². The van der Waals surface area contributed by atoms with Gasteiger partial charge in [-0.1, -0.05) is 13.0 Å². The van der Waals surface area contributed by atoms with Crippen LogP contribution in [0.1, 0.15) is 56.1 Å². The van der Waals surface area contributed by atoms with Crippen LogP contribution < -0.4 is 5.43 Å². The van der Waals surface area contributed by atoms with Gasteiger partial charge >= 0.3 is 0 Å². The van der Waals surface area contributed by atoms with Crippen molar-refractivity contribution < 1.29 is 5.11 Å². The lowest BCUT2D eigenvalue weighted by molar-refractivity contribution is 0.0954. The number of nitrogens with one attached hydrogen (secondary N) is 1. The molecular formula is C19H26N2O. The summed E-state index contributed by atoms with van der Waals surface area (Å²) in [6, 6.07) is 6.04. The number of phenolic OH excluding ortho intramolecular Hbond substituents is 1. The molecule has 118 valence electrons. The van der Waals surface area contributed by atoms with Crippen molar-refractivity contribution in [3.63, 3.8) is 0 Å². The maximum absolute atomic E-state index is 9.75. The van der Waals surface area contributed by atoms with Gasteiger partial charge in [-0.2, -0.15) is 5.10 Å². The predicted molar refractivity (Wildman–Crippen MR) is 89.2 cm³/mol. The van der Waals surface area contributed by atoms with Crippen LogP contribution in [0.2, 0.25) is 0 Å². The average Bonchev–Trinajstić information content (AvgIpc) is 2.84. The van der Waals surface area contributed by atoms with Crippen LogP contribution in [-0.4, -0.2) is 17.9 Å². The molecule has 2 fully saturated rings. The molecule has 1 aromatic carbocycles. The molecule has 1 aromatic rings. The minimum Gasteiger partial charge on any atom is -0.508 e.